The summed E-state index contributed by atoms with van der Waals surface area (Å²) in [6.45, 7) is 2.38. The second-order valence-corrected chi connectivity index (χ2v) is 12.9. The van der Waals surface area contributed by atoms with Crippen molar-refractivity contribution in [1.29, 1.82) is 0 Å². The van der Waals surface area contributed by atoms with Crippen molar-refractivity contribution in [3.8, 4) is 44.9 Å². The van der Waals surface area contributed by atoms with Crippen molar-refractivity contribution in [2.24, 2.45) is 0 Å². The zero-order chi connectivity index (χ0) is 30.5. The molecule has 3 aliphatic rings. The van der Waals surface area contributed by atoms with E-state index in [1.54, 1.807) is 0 Å². The SMILES string of the molecule is CC1(c2ccccc2)c2ccccc2-c2ccc(-c3ccc4c(c3)C3(c5ccccc5O4)c4ccccc4-c4ccccc43)cc21. The summed E-state index contributed by atoms with van der Waals surface area (Å²) >= 11 is 0. The van der Waals surface area contributed by atoms with Crippen LogP contribution >= 0.6 is 0 Å². The van der Waals surface area contributed by atoms with E-state index in [1.165, 1.54) is 72.3 Å². The Labute approximate surface area is 269 Å². The zero-order valence-electron chi connectivity index (χ0n) is 25.5. The maximum atomic E-state index is 6.69. The minimum absolute atomic E-state index is 0.246. The van der Waals surface area contributed by atoms with Crippen LogP contribution in [-0.2, 0) is 10.8 Å². The summed E-state index contributed by atoms with van der Waals surface area (Å²) in [5.74, 6) is 1.83. The molecule has 2 aliphatic carbocycles. The lowest BCUT2D eigenvalue weighted by Crippen LogP contribution is -2.32. The fraction of sp³-hybridized carbons (Fsp3) is 0.0667. The van der Waals surface area contributed by atoms with Gasteiger partial charge < -0.3 is 4.74 Å². The molecular weight excluding hydrogens is 556 g/mol. The van der Waals surface area contributed by atoms with E-state index >= 15 is 0 Å². The van der Waals surface area contributed by atoms with Crippen LogP contribution in [0.3, 0.4) is 0 Å². The molecule has 216 valence electrons. The first kappa shape index (κ1) is 25.6. The largest absolute Gasteiger partial charge is 0.457 e. The van der Waals surface area contributed by atoms with Gasteiger partial charge in [-0.3, -0.25) is 0 Å². The van der Waals surface area contributed by atoms with Crippen LogP contribution in [0.25, 0.3) is 33.4 Å². The number of benzene rings is 7. The number of ether oxygens (including phenoxy) is 1. The van der Waals surface area contributed by atoms with Gasteiger partial charge in [-0.25, -0.2) is 0 Å². The normalized spacial score (nSPS) is 17.2. The lowest BCUT2D eigenvalue weighted by Gasteiger charge is -2.39. The van der Waals surface area contributed by atoms with Crippen molar-refractivity contribution in [3.05, 3.63) is 203 Å². The van der Waals surface area contributed by atoms with Crippen molar-refractivity contribution < 1.29 is 4.74 Å². The summed E-state index contributed by atoms with van der Waals surface area (Å²) in [5, 5.41) is 0. The Hall–Kier alpha value is -5.66. The van der Waals surface area contributed by atoms with E-state index in [0.29, 0.717) is 0 Å². The highest BCUT2D eigenvalue weighted by Crippen LogP contribution is 2.62. The molecule has 1 aliphatic heterocycles. The van der Waals surface area contributed by atoms with Crippen LogP contribution in [0.1, 0.15) is 45.9 Å². The molecule has 46 heavy (non-hydrogen) atoms. The van der Waals surface area contributed by atoms with Crippen LogP contribution < -0.4 is 4.74 Å². The first-order valence-corrected chi connectivity index (χ1v) is 16.1. The zero-order valence-corrected chi connectivity index (χ0v) is 25.5. The Morgan fingerprint density at radius 2 is 0.848 bits per heavy atom. The van der Waals surface area contributed by atoms with Crippen molar-refractivity contribution in [2.45, 2.75) is 17.8 Å². The molecular formula is C45H30O. The molecule has 7 aromatic rings. The van der Waals surface area contributed by atoms with Crippen molar-refractivity contribution in [2.75, 3.05) is 0 Å². The molecule has 10 rings (SSSR count). The summed E-state index contributed by atoms with van der Waals surface area (Å²) in [6.07, 6.45) is 0. The molecule has 0 amide bonds. The average molecular weight is 587 g/mol. The maximum Gasteiger partial charge on any atom is 0.132 e. The molecule has 0 fully saturated rings. The monoisotopic (exact) mass is 586 g/mol. The van der Waals surface area contributed by atoms with Crippen LogP contribution in [0.4, 0.5) is 0 Å². The minimum atomic E-state index is -0.473. The number of hydrogen-bond acceptors (Lipinski definition) is 1. The molecule has 1 atom stereocenters. The van der Waals surface area contributed by atoms with E-state index in [9.17, 15) is 0 Å². The molecule has 0 bridgehead atoms. The van der Waals surface area contributed by atoms with Gasteiger partial charge in [-0.05, 0) is 92.4 Å². The van der Waals surface area contributed by atoms with Gasteiger partial charge in [-0.1, -0.05) is 140 Å². The van der Waals surface area contributed by atoms with Crippen molar-refractivity contribution in [3.63, 3.8) is 0 Å². The van der Waals surface area contributed by atoms with E-state index in [0.717, 1.165) is 11.5 Å². The van der Waals surface area contributed by atoms with E-state index in [4.69, 9.17) is 4.74 Å². The Morgan fingerprint density at radius 1 is 0.370 bits per heavy atom. The van der Waals surface area contributed by atoms with Gasteiger partial charge in [0, 0.05) is 16.5 Å². The first-order chi connectivity index (χ1) is 22.7. The lowest BCUT2D eigenvalue weighted by atomic mass is 9.65. The van der Waals surface area contributed by atoms with E-state index < -0.39 is 5.41 Å². The lowest BCUT2D eigenvalue weighted by molar-refractivity contribution is 0.436. The maximum absolute atomic E-state index is 6.69. The van der Waals surface area contributed by atoms with Gasteiger partial charge in [0.05, 0.1) is 5.41 Å². The predicted octanol–water partition coefficient (Wildman–Crippen LogP) is 11.2. The second-order valence-electron chi connectivity index (χ2n) is 12.9. The summed E-state index contributed by atoms with van der Waals surface area (Å²) in [7, 11) is 0. The Kier molecular flexibility index (Phi) is 5.12. The van der Waals surface area contributed by atoms with Crippen molar-refractivity contribution >= 4 is 0 Å². The Morgan fingerprint density at radius 3 is 1.54 bits per heavy atom. The van der Waals surface area contributed by atoms with Gasteiger partial charge in [0.25, 0.3) is 0 Å². The molecule has 0 aromatic heterocycles. The van der Waals surface area contributed by atoms with Crippen molar-refractivity contribution in [1.82, 2.24) is 0 Å². The van der Waals surface area contributed by atoms with Crippen LogP contribution in [-0.4, -0.2) is 0 Å². The highest BCUT2D eigenvalue weighted by atomic mass is 16.5. The summed E-state index contributed by atoms with van der Waals surface area (Å²) < 4.78 is 6.69. The molecule has 1 unspecified atom stereocenters. The number of hydrogen-bond donors (Lipinski definition) is 0. The van der Waals surface area contributed by atoms with Gasteiger partial charge in [0.2, 0.25) is 0 Å². The predicted molar refractivity (Wildman–Crippen MR) is 187 cm³/mol. The highest BCUT2D eigenvalue weighted by Gasteiger charge is 2.51. The summed E-state index contributed by atoms with van der Waals surface area (Å²) in [6, 6.07) is 60.2. The molecule has 1 heteroatoms. The molecule has 0 radical (unpaired) electrons. The second kappa shape index (κ2) is 9.19. The molecule has 0 N–H and O–H groups in total. The molecule has 1 spiro atoms. The first-order valence-electron chi connectivity index (χ1n) is 16.1. The van der Waals surface area contributed by atoms with Crippen LogP contribution in [0.5, 0.6) is 11.5 Å². The standard InChI is InChI=1S/C45H30O/c1-44(31-13-3-2-4-14-31)36-18-8-5-15-32(36)35-25-23-29(27-40(35)44)30-24-26-43-41(28-30)45(39-21-11-12-22-42(39)46-43)37-19-9-6-16-33(37)34-17-7-10-20-38(34)45/h2-28H,1H3. The topological polar surface area (TPSA) is 9.23 Å². The number of fused-ring (bicyclic) bond motifs is 12. The number of rotatable bonds is 2. The van der Waals surface area contributed by atoms with Crippen LogP contribution in [0.15, 0.2) is 164 Å². The third kappa shape index (κ3) is 3.15. The van der Waals surface area contributed by atoms with Crippen LogP contribution in [0, 0.1) is 0 Å². The van der Waals surface area contributed by atoms with E-state index in [-0.39, 0.29) is 5.41 Å². The fourth-order valence-electron chi connectivity index (χ4n) is 8.79. The van der Waals surface area contributed by atoms with Gasteiger partial charge in [0.15, 0.2) is 0 Å². The minimum Gasteiger partial charge on any atom is -0.457 e. The molecule has 7 aromatic carbocycles. The fourth-order valence-corrected chi connectivity index (χ4v) is 8.79. The number of para-hydroxylation sites is 1. The summed E-state index contributed by atoms with van der Waals surface area (Å²) in [5.41, 5.74) is 15.9. The smallest absolute Gasteiger partial charge is 0.132 e. The molecule has 1 nitrogen and oxygen atoms in total. The third-order valence-corrected chi connectivity index (χ3v) is 10.8. The van der Waals surface area contributed by atoms with E-state index in [1.807, 2.05) is 0 Å². The van der Waals surface area contributed by atoms with Gasteiger partial charge in [-0.2, -0.15) is 0 Å². The van der Waals surface area contributed by atoms with Gasteiger partial charge >= 0.3 is 0 Å². The molecule has 0 saturated carbocycles. The van der Waals surface area contributed by atoms with Crippen LogP contribution in [0.2, 0.25) is 0 Å². The van der Waals surface area contributed by atoms with Gasteiger partial charge in [0.1, 0.15) is 11.5 Å². The Balaban J connectivity index is 1.22. The Bertz CT molecular complexity index is 2320. The summed E-state index contributed by atoms with van der Waals surface area (Å²) in [4.78, 5) is 0. The van der Waals surface area contributed by atoms with Gasteiger partial charge in [-0.15, -0.1) is 0 Å². The molecule has 1 heterocycles. The third-order valence-electron chi connectivity index (χ3n) is 10.8. The molecule has 0 saturated heterocycles. The highest BCUT2D eigenvalue weighted by molar-refractivity contribution is 5.90. The quantitative estimate of drug-likeness (QED) is 0.196. The van der Waals surface area contributed by atoms with E-state index in [2.05, 4.69) is 171 Å². The average Bonchev–Trinajstić information content (AvgIpc) is 3.56.